The highest BCUT2D eigenvalue weighted by Gasteiger charge is 2.22. The standard InChI is InChI=1S/C24H34N2O4S/c1-27-21-14-13-18(22(28-2)23(21)29-3)16-26(17-20-12-9-15-30-20)24(31)25-19-10-7-5-4-6-8-11-19/h9,12-15,19H,4-8,10-11,16-17H2,1-3H3,(H,25,31). The number of rotatable bonds is 8. The van der Waals surface area contributed by atoms with Crippen molar-refractivity contribution in [2.45, 2.75) is 64.1 Å². The summed E-state index contributed by atoms with van der Waals surface area (Å²) in [6.07, 6.45) is 10.5. The minimum Gasteiger partial charge on any atom is -0.493 e. The molecule has 0 saturated heterocycles. The molecule has 6 nitrogen and oxygen atoms in total. The van der Waals surface area contributed by atoms with Crippen molar-refractivity contribution in [3.05, 3.63) is 41.9 Å². The van der Waals surface area contributed by atoms with Crippen molar-refractivity contribution in [1.29, 1.82) is 0 Å². The average molecular weight is 447 g/mol. The number of hydrogen-bond donors (Lipinski definition) is 1. The molecule has 31 heavy (non-hydrogen) atoms. The molecule has 0 amide bonds. The number of hydrogen-bond acceptors (Lipinski definition) is 5. The molecule has 0 spiro atoms. The molecule has 0 aliphatic heterocycles. The molecule has 0 atom stereocenters. The first kappa shape index (κ1) is 23.3. The second-order valence-corrected chi connectivity index (χ2v) is 8.31. The molecule has 1 aromatic carbocycles. The quantitative estimate of drug-likeness (QED) is 0.553. The SMILES string of the molecule is COc1ccc(CN(Cc2ccco2)C(=S)NC2CCCCCCC2)c(OC)c1OC. The van der Waals surface area contributed by atoms with Gasteiger partial charge in [0.2, 0.25) is 5.75 Å². The highest BCUT2D eigenvalue weighted by Crippen LogP contribution is 2.40. The van der Waals surface area contributed by atoms with E-state index in [9.17, 15) is 0 Å². The summed E-state index contributed by atoms with van der Waals surface area (Å²) in [6, 6.07) is 8.17. The predicted molar refractivity (Wildman–Crippen MR) is 126 cm³/mol. The van der Waals surface area contributed by atoms with Crippen molar-refractivity contribution in [1.82, 2.24) is 10.2 Å². The minimum absolute atomic E-state index is 0.416. The van der Waals surface area contributed by atoms with Crippen LogP contribution in [0.15, 0.2) is 34.9 Å². The van der Waals surface area contributed by atoms with E-state index in [0.29, 0.717) is 36.4 Å². The Morgan fingerprint density at radius 2 is 1.68 bits per heavy atom. The first-order chi connectivity index (χ1) is 15.2. The van der Waals surface area contributed by atoms with Crippen LogP contribution in [0.2, 0.25) is 0 Å². The summed E-state index contributed by atoms with van der Waals surface area (Å²) in [6.45, 7) is 1.13. The van der Waals surface area contributed by atoms with Crippen LogP contribution in [0.5, 0.6) is 17.2 Å². The summed E-state index contributed by atoms with van der Waals surface area (Å²) >= 11 is 5.87. The van der Waals surface area contributed by atoms with Crippen LogP contribution in [0.25, 0.3) is 0 Å². The second kappa shape index (κ2) is 11.8. The molecule has 1 aliphatic carbocycles. The molecule has 7 heteroatoms. The summed E-state index contributed by atoms with van der Waals surface area (Å²) in [4.78, 5) is 2.12. The lowest BCUT2D eigenvalue weighted by Crippen LogP contribution is -2.44. The number of benzene rings is 1. The van der Waals surface area contributed by atoms with Crippen molar-refractivity contribution in [3.8, 4) is 17.2 Å². The summed E-state index contributed by atoms with van der Waals surface area (Å²) < 4.78 is 22.3. The van der Waals surface area contributed by atoms with Gasteiger partial charge in [-0.05, 0) is 49.3 Å². The zero-order valence-corrected chi connectivity index (χ0v) is 19.6. The molecule has 1 aliphatic rings. The molecule has 0 bridgehead atoms. The van der Waals surface area contributed by atoms with Crippen LogP contribution < -0.4 is 19.5 Å². The van der Waals surface area contributed by atoms with Crippen LogP contribution in [-0.4, -0.2) is 37.4 Å². The van der Waals surface area contributed by atoms with Crippen molar-refractivity contribution in [3.63, 3.8) is 0 Å². The molecule has 1 N–H and O–H groups in total. The fraction of sp³-hybridized carbons (Fsp3) is 0.542. The van der Waals surface area contributed by atoms with Crippen LogP contribution in [-0.2, 0) is 13.1 Å². The molecule has 1 aromatic heterocycles. The summed E-state index contributed by atoms with van der Waals surface area (Å²) in [5, 5.41) is 4.36. The molecule has 1 heterocycles. The number of thiocarbonyl (C=S) groups is 1. The van der Waals surface area contributed by atoms with Gasteiger partial charge in [-0.1, -0.05) is 32.1 Å². The maximum absolute atomic E-state index is 5.87. The molecular formula is C24H34N2O4S. The molecule has 0 unspecified atom stereocenters. The zero-order chi connectivity index (χ0) is 22.1. The predicted octanol–water partition coefficient (Wildman–Crippen LogP) is 5.30. The third-order valence-electron chi connectivity index (χ3n) is 5.79. The van der Waals surface area contributed by atoms with Gasteiger partial charge < -0.3 is 28.8 Å². The largest absolute Gasteiger partial charge is 0.493 e. The molecule has 3 rings (SSSR count). The van der Waals surface area contributed by atoms with Crippen LogP contribution in [0.4, 0.5) is 0 Å². The third-order valence-corrected chi connectivity index (χ3v) is 6.17. The zero-order valence-electron chi connectivity index (χ0n) is 18.8. The van der Waals surface area contributed by atoms with E-state index in [-0.39, 0.29) is 0 Å². The highest BCUT2D eigenvalue weighted by molar-refractivity contribution is 7.80. The number of nitrogens with one attached hydrogen (secondary N) is 1. The minimum atomic E-state index is 0.416. The lowest BCUT2D eigenvalue weighted by Gasteiger charge is -2.30. The molecule has 1 saturated carbocycles. The third kappa shape index (κ3) is 6.29. The number of furan rings is 1. The van der Waals surface area contributed by atoms with Gasteiger partial charge >= 0.3 is 0 Å². The fourth-order valence-corrected chi connectivity index (χ4v) is 4.45. The number of ether oxygens (including phenoxy) is 3. The van der Waals surface area contributed by atoms with Crippen molar-refractivity contribution in [2.24, 2.45) is 0 Å². The maximum Gasteiger partial charge on any atom is 0.203 e. The van der Waals surface area contributed by atoms with E-state index in [1.165, 1.54) is 32.1 Å². The molecule has 0 radical (unpaired) electrons. The van der Waals surface area contributed by atoms with E-state index in [1.54, 1.807) is 27.6 Å². The first-order valence-corrected chi connectivity index (χ1v) is 11.4. The fourth-order valence-electron chi connectivity index (χ4n) is 4.15. The van der Waals surface area contributed by atoms with Crippen molar-refractivity contribution < 1.29 is 18.6 Å². The van der Waals surface area contributed by atoms with Crippen LogP contribution >= 0.6 is 12.2 Å². The summed E-state index contributed by atoms with van der Waals surface area (Å²) in [5.74, 6) is 2.73. The molecule has 2 aromatic rings. The van der Waals surface area contributed by atoms with E-state index in [1.807, 2.05) is 24.3 Å². The van der Waals surface area contributed by atoms with E-state index in [0.717, 1.165) is 29.3 Å². The van der Waals surface area contributed by atoms with Gasteiger partial charge in [-0.2, -0.15) is 0 Å². The van der Waals surface area contributed by atoms with Crippen molar-refractivity contribution in [2.75, 3.05) is 21.3 Å². The second-order valence-electron chi connectivity index (χ2n) is 7.92. The Balaban J connectivity index is 1.81. The van der Waals surface area contributed by atoms with Crippen LogP contribution in [0.3, 0.4) is 0 Å². The smallest absolute Gasteiger partial charge is 0.203 e. The van der Waals surface area contributed by atoms with E-state index in [4.69, 9.17) is 30.8 Å². The monoisotopic (exact) mass is 446 g/mol. The Kier molecular flexibility index (Phi) is 8.88. The Hall–Kier alpha value is -2.41. The summed E-state index contributed by atoms with van der Waals surface area (Å²) in [7, 11) is 4.88. The van der Waals surface area contributed by atoms with Crippen LogP contribution in [0, 0.1) is 0 Å². The first-order valence-electron chi connectivity index (χ1n) is 11.0. The van der Waals surface area contributed by atoms with Gasteiger partial charge in [0.1, 0.15) is 5.76 Å². The Bertz CT molecular complexity index is 817. The van der Waals surface area contributed by atoms with Crippen LogP contribution in [0.1, 0.15) is 56.3 Å². The van der Waals surface area contributed by atoms with Gasteiger partial charge in [0.15, 0.2) is 16.6 Å². The van der Waals surface area contributed by atoms with Gasteiger partial charge in [0.05, 0.1) is 34.1 Å². The molecule has 1 fully saturated rings. The van der Waals surface area contributed by atoms with E-state index >= 15 is 0 Å². The highest BCUT2D eigenvalue weighted by atomic mass is 32.1. The van der Waals surface area contributed by atoms with Gasteiger partial charge in [-0.3, -0.25) is 0 Å². The Labute approximate surface area is 190 Å². The van der Waals surface area contributed by atoms with Gasteiger partial charge in [0, 0.05) is 18.2 Å². The lowest BCUT2D eigenvalue weighted by atomic mass is 9.97. The Morgan fingerprint density at radius 3 is 2.29 bits per heavy atom. The molecule has 170 valence electrons. The van der Waals surface area contributed by atoms with Crippen molar-refractivity contribution >= 4 is 17.3 Å². The summed E-state index contributed by atoms with van der Waals surface area (Å²) in [5.41, 5.74) is 0.966. The normalized spacial score (nSPS) is 14.9. The van der Waals surface area contributed by atoms with E-state index < -0.39 is 0 Å². The van der Waals surface area contributed by atoms with Gasteiger partial charge in [-0.25, -0.2) is 0 Å². The molecular weight excluding hydrogens is 412 g/mol. The van der Waals surface area contributed by atoms with Gasteiger partial charge in [-0.15, -0.1) is 0 Å². The number of methoxy groups -OCH3 is 3. The van der Waals surface area contributed by atoms with Gasteiger partial charge in [0.25, 0.3) is 0 Å². The average Bonchev–Trinajstić information content (AvgIpc) is 3.27. The number of nitrogens with zero attached hydrogens (tertiary/aromatic N) is 1. The van der Waals surface area contributed by atoms with E-state index in [2.05, 4.69) is 10.2 Å². The lowest BCUT2D eigenvalue weighted by molar-refractivity contribution is 0.309. The topological polar surface area (TPSA) is 56.1 Å². The maximum atomic E-state index is 5.87. The Morgan fingerprint density at radius 1 is 0.968 bits per heavy atom.